The molecule has 10 nitrogen and oxygen atoms in total. The molecule has 6 aliphatic rings. The van der Waals surface area contributed by atoms with Gasteiger partial charge in [0.25, 0.3) is 0 Å². The number of phenols is 1. The van der Waals surface area contributed by atoms with E-state index in [0.29, 0.717) is 46.9 Å². The highest BCUT2D eigenvalue weighted by molar-refractivity contribution is 6.08. The third-order valence-corrected chi connectivity index (χ3v) is 15.2. The van der Waals surface area contributed by atoms with Gasteiger partial charge in [0.1, 0.15) is 17.1 Å². The van der Waals surface area contributed by atoms with Gasteiger partial charge in [-0.25, -0.2) is 4.79 Å². The zero-order chi connectivity index (χ0) is 39.0. The molecule has 11 atom stereocenters. The van der Waals surface area contributed by atoms with Gasteiger partial charge in [-0.3, -0.25) is 9.59 Å². The van der Waals surface area contributed by atoms with E-state index < -0.39 is 18.2 Å². The minimum Gasteiger partial charge on any atom is -0.507 e. The van der Waals surface area contributed by atoms with Crippen LogP contribution in [0.2, 0.25) is 0 Å². The number of amides is 1. The first kappa shape index (κ1) is 37.7. The molecule has 1 amide bonds. The van der Waals surface area contributed by atoms with E-state index in [-0.39, 0.29) is 99.4 Å². The lowest BCUT2D eigenvalue weighted by molar-refractivity contribution is -0.207. The zero-order valence-corrected chi connectivity index (χ0v) is 31.8. The van der Waals surface area contributed by atoms with Crippen molar-refractivity contribution >= 4 is 22.8 Å². The van der Waals surface area contributed by atoms with E-state index in [2.05, 4.69) is 26.1 Å². The van der Waals surface area contributed by atoms with Crippen molar-refractivity contribution < 1.29 is 39.5 Å². The minimum absolute atomic E-state index is 0.00955. The smallest absolute Gasteiger partial charge is 0.336 e. The van der Waals surface area contributed by atoms with Crippen molar-refractivity contribution in [3.63, 3.8) is 0 Å². The summed E-state index contributed by atoms with van der Waals surface area (Å²) in [5.41, 5.74) is 1.50. The third kappa shape index (κ3) is 6.16. The van der Waals surface area contributed by atoms with Gasteiger partial charge in [-0.05, 0) is 134 Å². The van der Waals surface area contributed by atoms with Crippen LogP contribution in [-0.2, 0) is 11.3 Å². The number of phenolic OH excluding ortho intramolecular Hbond substituents is 1. The van der Waals surface area contributed by atoms with Crippen LogP contribution >= 0.6 is 0 Å². The number of carbonyl (C=O) groups is 2. The summed E-state index contributed by atoms with van der Waals surface area (Å²) < 4.78 is 6.24. The van der Waals surface area contributed by atoms with Gasteiger partial charge in [0.05, 0.1) is 36.0 Å². The van der Waals surface area contributed by atoms with Crippen LogP contribution < -0.4 is 10.7 Å². The summed E-state index contributed by atoms with van der Waals surface area (Å²) in [6.07, 6.45) is 5.30. The fourth-order valence-corrected chi connectivity index (χ4v) is 12.3. The van der Waals surface area contributed by atoms with E-state index in [4.69, 9.17) is 4.42 Å². The van der Waals surface area contributed by atoms with Gasteiger partial charge in [0, 0.05) is 29.0 Å². The maximum atomic E-state index is 13.5. The fraction of sp³-hybridized carbons (Fsp3) is 0.533. The Balaban J connectivity index is 0.998. The molecule has 4 saturated carbocycles. The average Bonchev–Trinajstić information content (AvgIpc) is 3.51. The number of aromatic hydroxyl groups is 1. The van der Waals surface area contributed by atoms with Crippen LogP contribution in [0.1, 0.15) is 94.5 Å². The van der Waals surface area contributed by atoms with Crippen LogP contribution in [0, 0.1) is 46.3 Å². The average molecular weight is 752 g/mol. The normalized spacial score (nSPS) is 33.4. The number of fused-ring (bicyclic) bond motifs is 7. The minimum atomic E-state index is -1.11. The van der Waals surface area contributed by atoms with Crippen LogP contribution in [0.15, 0.2) is 63.8 Å². The number of aromatic carboxylic acids is 1. The first-order valence-corrected chi connectivity index (χ1v) is 20.1. The SMILES string of the molecule is CC(CCC(=O)NCc1c(O)ccc2c(-c3ccccc3C(=O)O)c3ccc(=O)cc-3oc12)C1CCC2C3C(O)CC4CC(O)CCC4(C)C3CC(O)C12C. The lowest BCUT2D eigenvalue weighted by Crippen LogP contribution is -2.62. The zero-order valence-electron chi connectivity index (χ0n) is 31.8. The standard InChI is InChI=1S/C45H53NO9/c1-23(32-12-13-33-41-34(21-38(51)45(32,33)3)44(2)17-16-26(48)18-24(44)19-36(41)50)8-15-39(52)46-22-31-35(49)14-11-30-40(27-6-4-5-7-28(27)43(53)54)29-10-9-25(47)20-37(29)55-42(30)31/h4-7,9-11,14,20,23-24,26,32-34,36,38,41,48-51H,8,12-13,15-19,21-22H2,1-3H3,(H,46,52)(H,53,54). The van der Waals surface area contributed by atoms with E-state index in [0.717, 1.165) is 32.1 Å². The molecule has 1 aliphatic heterocycles. The highest BCUT2D eigenvalue weighted by atomic mass is 16.4. The molecule has 0 aromatic heterocycles. The van der Waals surface area contributed by atoms with Crippen LogP contribution in [0.3, 0.4) is 0 Å². The molecule has 5 aliphatic carbocycles. The number of carboxylic acids is 1. The predicted octanol–water partition coefficient (Wildman–Crippen LogP) is 6.96. The number of aliphatic hydroxyl groups excluding tert-OH is 3. The molecule has 8 rings (SSSR count). The maximum Gasteiger partial charge on any atom is 0.336 e. The second-order valence-corrected chi connectivity index (χ2v) is 17.7. The van der Waals surface area contributed by atoms with Crippen LogP contribution in [0.25, 0.3) is 33.4 Å². The van der Waals surface area contributed by atoms with Gasteiger partial charge in [-0.1, -0.05) is 39.0 Å². The molecule has 2 aromatic rings. The Labute approximate surface area is 320 Å². The molecule has 55 heavy (non-hydrogen) atoms. The van der Waals surface area contributed by atoms with Crippen LogP contribution in [0.5, 0.6) is 5.75 Å². The van der Waals surface area contributed by atoms with Gasteiger partial charge in [-0.2, -0.15) is 0 Å². The Morgan fingerprint density at radius 2 is 1.73 bits per heavy atom. The highest BCUT2D eigenvalue weighted by Crippen LogP contribution is 2.68. The molecule has 10 heteroatoms. The number of rotatable bonds is 8. The van der Waals surface area contributed by atoms with Crippen molar-refractivity contribution in [2.24, 2.45) is 46.3 Å². The number of carbonyl (C=O) groups excluding carboxylic acids is 1. The monoisotopic (exact) mass is 751 g/mol. The second kappa shape index (κ2) is 14.0. The van der Waals surface area contributed by atoms with Gasteiger partial charge in [0.2, 0.25) is 5.91 Å². The van der Waals surface area contributed by atoms with Gasteiger partial charge in [0.15, 0.2) is 5.43 Å². The lowest BCUT2D eigenvalue weighted by Gasteiger charge is -2.63. The summed E-state index contributed by atoms with van der Waals surface area (Å²) in [5, 5.41) is 58.6. The molecule has 1 heterocycles. The van der Waals surface area contributed by atoms with Crippen LogP contribution in [0.4, 0.5) is 0 Å². The second-order valence-electron chi connectivity index (χ2n) is 17.7. The Bertz CT molecular complexity index is 2160. The van der Waals surface area contributed by atoms with Crippen molar-refractivity contribution in [2.75, 3.05) is 0 Å². The van der Waals surface area contributed by atoms with Gasteiger partial charge >= 0.3 is 5.97 Å². The summed E-state index contributed by atoms with van der Waals surface area (Å²) in [5.74, 6) is -0.0359. The maximum absolute atomic E-state index is 13.5. The van der Waals surface area contributed by atoms with Gasteiger partial charge < -0.3 is 35.3 Å². The summed E-state index contributed by atoms with van der Waals surface area (Å²) in [7, 11) is 0. The summed E-state index contributed by atoms with van der Waals surface area (Å²) in [6.45, 7) is 6.67. The van der Waals surface area contributed by atoms with E-state index in [9.17, 15) is 39.9 Å². The largest absolute Gasteiger partial charge is 0.507 e. The van der Waals surface area contributed by atoms with Crippen molar-refractivity contribution in [3.8, 4) is 28.2 Å². The van der Waals surface area contributed by atoms with E-state index in [1.54, 1.807) is 30.3 Å². The molecule has 0 radical (unpaired) electrons. The Morgan fingerprint density at radius 1 is 0.945 bits per heavy atom. The fourth-order valence-electron chi connectivity index (χ4n) is 12.3. The Morgan fingerprint density at radius 3 is 2.51 bits per heavy atom. The number of benzene rings is 3. The van der Waals surface area contributed by atoms with Crippen molar-refractivity contribution in [1.82, 2.24) is 5.32 Å². The summed E-state index contributed by atoms with van der Waals surface area (Å²) >= 11 is 0. The molecule has 6 N–H and O–H groups in total. The van der Waals surface area contributed by atoms with Crippen molar-refractivity contribution in [1.29, 1.82) is 0 Å². The Hall–Kier alpha value is -4.25. The van der Waals surface area contributed by atoms with Crippen molar-refractivity contribution in [2.45, 2.75) is 103 Å². The Kier molecular flexibility index (Phi) is 9.62. The molecule has 0 bridgehead atoms. The lowest BCUT2D eigenvalue weighted by atomic mass is 9.43. The first-order chi connectivity index (χ1) is 26.2. The topological polar surface area (TPSA) is 178 Å². The number of nitrogens with one attached hydrogen (secondary N) is 1. The van der Waals surface area contributed by atoms with E-state index in [1.807, 2.05) is 0 Å². The number of carboxylic acid groups (broad SMARTS) is 1. The molecular weight excluding hydrogens is 698 g/mol. The van der Waals surface area contributed by atoms with E-state index >= 15 is 0 Å². The summed E-state index contributed by atoms with van der Waals surface area (Å²) in [4.78, 5) is 38.1. The first-order valence-electron chi connectivity index (χ1n) is 20.1. The van der Waals surface area contributed by atoms with Gasteiger partial charge in [-0.15, -0.1) is 0 Å². The quantitative estimate of drug-likeness (QED) is 0.104. The molecule has 11 unspecified atom stereocenters. The molecule has 0 saturated heterocycles. The van der Waals surface area contributed by atoms with Crippen molar-refractivity contribution in [3.05, 3.63) is 75.9 Å². The number of hydrogen-bond acceptors (Lipinski definition) is 8. The number of hydrogen-bond donors (Lipinski definition) is 6. The van der Waals surface area contributed by atoms with E-state index in [1.165, 1.54) is 24.3 Å². The molecular formula is C45H53NO9. The third-order valence-electron chi connectivity index (χ3n) is 15.2. The number of aliphatic hydroxyl groups is 3. The predicted molar refractivity (Wildman–Crippen MR) is 207 cm³/mol. The molecule has 2 aromatic carbocycles. The molecule has 0 spiro atoms. The van der Waals surface area contributed by atoms with Crippen LogP contribution in [-0.4, -0.2) is 55.7 Å². The summed E-state index contributed by atoms with van der Waals surface area (Å²) in [6, 6.07) is 14.1. The highest BCUT2D eigenvalue weighted by Gasteiger charge is 2.65. The molecule has 292 valence electrons. The molecule has 4 fully saturated rings.